The van der Waals surface area contributed by atoms with Crippen LogP contribution in [-0.2, 0) is 13.1 Å². The van der Waals surface area contributed by atoms with Crippen LogP contribution in [0.3, 0.4) is 0 Å². The Morgan fingerprint density at radius 3 is 2.45 bits per heavy atom. The van der Waals surface area contributed by atoms with Crippen LogP contribution in [0.4, 0.5) is 0 Å². The van der Waals surface area contributed by atoms with E-state index in [4.69, 9.17) is 4.74 Å². The average molecular weight is 536 g/mol. The van der Waals surface area contributed by atoms with Crippen molar-refractivity contribution in [2.24, 2.45) is 4.99 Å². The first kappa shape index (κ1) is 25.0. The predicted octanol–water partition coefficient (Wildman–Crippen LogP) is 4.19. The maximum Gasteiger partial charge on any atom is 0.253 e. The van der Waals surface area contributed by atoms with Crippen molar-refractivity contribution in [3.8, 4) is 5.75 Å². The van der Waals surface area contributed by atoms with Gasteiger partial charge in [-0.25, -0.2) is 4.99 Å². The number of guanidine groups is 1. The Hall–Kier alpha value is -2.29. The Morgan fingerprint density at radius 1 is 1.03 bits per heavy atom. The number of nitrogens with zero attached hydrogens (tertiary/aromatic N) is 2. The van der Waals surface area contributed by atoms with Gasteiger partial charge in [-0.3, -0.25) is 4.79 Å². The van der Waals surface area contributed by atoms with Crippen molar-refractivity contribution >= 4 is 35.8 Å². The van der Waals surface area contributed by atoms with Crippen molar-refractivity contribution in [2.75, 3.05) is 26.7 Å². The van der Waals surface area contributed by atoms with Crippen LogP contribution in [0.2, 0.25) is 0 Å². The number of ether oxygens (including phenoxy) is 1. The standard InChI is InChI=1S/C24H32N4O2.HI/c1-3-25-24(27-18-20-8-7-9-22(16-20)30-2)26-17-19-10-12-21(13-11-19)23(29)28-14-5-4-6-15-28;/h7-13,16H,3-6,14-15,17-18H2,1-2H3,(H2,25,26,27);1H. The fourth-order valence-corrected chi connectivity index (χ4v) is 3.51. The van der Waals surface area contributed by atoms with E-state index in [1.807, 2.05) is 60.4 Å². The summed E-state index contributed by atoms with van der Waals surface area (Å²) < 4.78 is 5.27. The number of halogens is 1. The highest BCUT2D eigenvalue weighted by atomic mass is 127. The molecule has 0 spiro atoms. The second-order valence-electron chi connectivity index (χ2n) is 7.45. The van der Waals surface area contributed by atoms with Crippen molar-refractivity contribution in [1.29, 1.82) is 0 Å². The van der Waals surface area contributed by atoms with E-state index in [1.165, 1.54) is 6.42 Å². The molecule has 1 saturated heterocycles. The topological polar surface area (TPSA) is 66.0 Å². The van der Waals surface area contributed by atoms with Crippen LogP contribution in [0.1, 0.15) is 47.7 Å². The van der Waals surface area contributed by atoms with Gasteiger partial charge in [0.1, 0.15) is 5.75 Å². The number of amides is 1. The Morgan fingerprint density at radius 2 is 1.77 bits per heavy atom. The van der Waals surface area contributed by atoms with Gasteiger partial charge in [0, 0.05) is 31.7 Å². The molecule has 31 heavy (non-hydrogen) atoms. The summed E-state index contributed by atoms with van der Waals surface area (Å²) in [5.74, 6) is 1.73. The zero-order valence-corrected chi connectivity index (χ0v) is 20.7. The molecule has 1 aliphatic rings. The molecular formula is C24H33IN4O2. The number of aliphatic imine (C=N–C) groups is 1. The third kappa shape index (κ3) is 7.72. The lowest BCUT2D eigenvalue weighted by Gasteiger charge is -2.26. The number of piperidine rings is 1. The number of rotatable bonds is 7. The second-order valence-corrected chi connectivity index (χ2v) is 7.45. The fourth-order valence-electron chi connectivity index (χ4n) is 3.51. The zero-order valence-electron chi connectivity index (χ0n) is 18.4. The monoisotopic (exact) mass is 536 g/mol. The highest BCUT2D eigenvalue weighted by molar-refractivity contribution is 14.0. The van der Waals surface area contributed by atoms with Crippen LogP contribution in [0.15, 0.2) is 53.5 Å². The maximum absolute atomic E-state index is 12.6. The van der Waals surface area contributed by atoms with Crippen molar-refractivity contribution in [3.63, 3.8) is 0 Å². The van der Waals surface area contributed by atoms with Crippen LogP contribution >= 0.6 is 24.0 Å². The first-order chi connectivity index (χ1) is 14.7. The summed E-state index contributed by atoms with van der Waals surface area (Å²) in [4.78, 5) is 19.2. The van der Waals surface area contributed by atoms with E-state index in [-0.39, 0.29) is 29.9 Å². The minimum Gasteiger partial charge on any atom is -0.497 e. The van der Waals surface area contributed by atoms with Gasteiger partial charge in [-0.1, -0.05) is 24.3 Å². The fraction of sp³-hybridized carbons (Fsp3) is 0.417. The Kier molecular flexibility index (Phi) is 10.6. The van der Waals surface area contributed by atoms with Gasteiger partial charge < -0.3 is 20.3 Å². The molecule has 0 aromatic heterocycles. The third-order valence-corrected chi connectivity index (χ3v) is 5.20. The summed E-state index contributed by atoms with van der Waals surface area (Å²) in [6.07, 6.45) is 3.44. The lowest BCUT2D eigenvalue weighted by molar-refractivity contribution is 0.0724. The summed E-state index contributed by atoms with van der Waals surface area (Å²) in [7, 11) is 1.67. The molecule has 0 atom stereocenters. The number of benzene rings is 2. The zero-order chi connectivity index (χ0) is 21.2. The van der Waals surface area contributed by atoms with Gasteiger partial charge in [0.25, 0.3) is 5.91 Å². The molecule has 7 heteroatoms. The van der Waals surface area contributed by atoms with Crippen molar-refractivity contribution in [2.45, 2.75) is 39.3 Å². The third-order valence-electron chi connectivity index (χ3n) is 5.20. The SMILES string of the molecule is CCNC(=NCc1cccc(OC)c1)NCc1ccc(C(=O)N2CCCCC2)cc1.I. The van der Waals surface area contributed by atoms with E-state index in [0.29, 0.717) is 13.1 Å². The summed E-state index contributed by atoms with van der Waals surface area (Å²) in [6.45, 7) is 5.78. The molecule has 1 aliphatic heterocycles. The number of carbonyl (C=O) groups excluding carboxylic acids is 1. The molecule has 0 radical (unpaired) electrons. The predicted molar refractivity (Wildman–Crippen MR) is 136 cm³/mol. The number of hydrogen-bond acceptors (Lipinski definition) is 3. The molecule has 1 amide bonds. The van der Waals surface area contributed by atoms with Gasteiger partial charge in [0.05, 0.1) is 13.7 Å². The van der Waals surface area contributed by atoms with Gasteiger partial charge in [0.15, 0.2) is 5.96 Å². The summed E-state index contributed by atoms with van der Waals surface area (Å²) in [5, 5.41) is 6.63. The number of carbonyl (C=O) groups is 1. The molecule has 1 fully saturated rings. The number of likely N-dealkylation sites (tertiary alicyclic amines) is 1. The van der Waals surface area contributed by atoms with Gasteiger partial charge in [-0.15, -0.1) is 24.0 Å². The molecule has 0 saturated carbocycles. The molecular weight excluding hydrogens is 503 g/mol. The smallest absolute Gasteiger partial charge is 0.253 e. The van der Waals surface area contributed by atoms with Gasteiger partial charge in [-0.2, -0.15) is 0 Å². The van der Waals surface area contributed by atoms with Crippen LogP contribution < -0.4 is 15.4 Å². The van der Waals surface area contributed by atoms with E-state index < -0.39 is 0 Å². The van der Waals surface area contributed by atoms with E-state index in [2.05, 4.69) is 15.6 Å². The maximum atomic E-state index is 12.6. The van der Waals surface area contributed by atoms with E-state index in [1.54, 1.807) is 7.11 Å². The highest BCUT2D eigenvalue weighted by Gasteiger charge is 2.17. The van der Waals surface area contributed by atoms with Crippen molar-refractivity contribution in [3.05, 3.63) is 65.2 Å². The summed E-state index contributed by atoms with van der Waals surface area (Å²) >= 11 is 0. The molecule has 0 bridgehead atoms. The van der Waals surface area contributed by atoms with Crippen LogP contribution in [0.5, 0.6) is 5.75 Å². The first-order valence-corrected chi connectivity index (χ1v) is 10.7. The Bertz CT molecular complexity index is 849. The lowest BCUT2D eigenvalue weighted by Crippen LogP contribution is -2.37. The molecule has 2 aromatic carbocycles. The number of nitrogens with one attached hydrogen (secondary N) is 2. The van der Waals surface area contributed by atoms with E-state index >= 15 is 0 Å². The normalized spacial score (nSPS) is 13.9. The molecule has 6 nitrogen and oxygen atoms in total. The number of methoxy groups -OCH3 is 1. The van der Waals surface area contributed by atoms with Crippen molar-refractivity contribution < 1.29 is 9.53 Å². The molecule has 0 unspecified atom stereocenters. The lowest BCUT2D eigenvalue weighted by atomic mass is 10.1. The quantitative estimate of drug-likeness (QED) is 0.317. The highest BCUT2D eigenvalue weighted by Crippen LogP contribution is 2.14. The van der Waals surface area contributed by atoms with Crippen molar-refractivity contribution in [1.82, 2.24) is 15.5 Å². The van der Waals surface area contributed by atoms with Gasteiger partial charge in [-0.05, 0) is 61.6 Å². The van der Waals surface area contributed by atoms with E-state index in [9.17, 15) is 4.79 Å². The Balaban J connectivity index is 0.00000341. The minimum atomic E-state index is 0. The van der Waals surface area contributed by atoms with Gasteiger partial charge in [0.2, 0.25) is 0 Å². The van der Waals surface area contributed by atoms with Gasteiger partial charge >= 0.3 is 0 Å². The second kappa shape index (κ2) is 13.2. The largest absolute Gasteiger partial charge is 0.497 e. The summed E-state index contributed by atoms with van der Waals surface area (Å²) in [6, 6.07) is 15.8. The van der Waals surface area contributed by atoms with Crippen LogP contribution in [0, 0.1) is 0 Å². The molecule has 2 N–H and O–H groups in total. The molecule has 0 aliphatic carbocycles. The van der Waals surface area contributed by atoms with E-state index in [0.717, 1.165) is 60.9 Å². The first-order valence-electron chi connectivity index (χ1n) is 10.7. The molecule has 3 rings (SSSR count). The molecule has 2 aromatic rings. The Labute approximate surface area is 202 Å². The average Bonchev–Trinajstić information content (AvgIpc) is 2.81. The summed E-state index contributed by atoms with van der Waals surface area (Å²) in [5.41, 5.74) is 2.96. The molecule has 168 valence electrons. The molecule has 1 heterocycles. The minimum absolute atomic E-state index is 0. The van der Waals surface area contributed by atoms with Crippen LogP contribution in [-0.4, -0.2) is 43.5 Å². The van der Waals surface area contributed by atoms with Crippen LogP contribution in [0.25, 0.3) is 0 Å². The number of hydrogen-bond donors (Lipinski definition) is 2.